The highest BCUT2D eigenvalue weighted by atomic mass is 16.5. The Kier molecular flexibility index (Phi) is 2.03. The summed E-state index contributed by atoms with van der Waals surface area (Å²) < 4.78 is 10.8. The number of aryl methyl sites for hydroxylation is 1. The summed E-state index contributed by atoms with van der Waals surface area (Å²) in [5, 5.41) is 13.2. The minimum absolute atomic E-state index is 0.266. The van der Waals surface area contributed by atoms with E-state index in [1.54, 1.807) is 19.1 Å². The lowest BCUT2D eigenvalue weighted by atomic mass is 9.77. The number of carboxylic acid groups (broad SMARTS) is 1. The van der Waals surface area contributed by atoms with E-state index in [0.717, 1.165) is 0 Å². The van der Waals surface area contributed by atoms with Crippen molar-refractivity contribution in [1.29, 1.82) is 0 Å². The van der Waals surface area contributed by atoms with Gasteiger partial charge in [0, 0.05) is 6.07 Å². The number of hydrogen-bond donors (Lipinski definition) is 1. The quantitative estimate of drug-likeness (QED) is 0.784. The monoisotopic (exact) mass is 276 g/mol. The third kappa shape index (κ3) is 1.25. The number of nitrogens with zero attached hydrogens (tertiary/aromatic N) is 2. The minimum Gasteiger partial charge on any atom is -0.481 e. The maximum absolute atomic E-state index is 12.6. The molecule has 0 aromatic carbocycles. The highest BCUT2D eigenvalue weighted by Crippen LogP contribution is 2.52. The summed E-state index contributed by atoms with van der Waals surface area (Å²) in [7, 11) is 0. The van der Waals surface area contributed by atoms with Crippen LogP contribution in [0, 0.1) is 18.8 Å². The third-order valence-electron chi connectivity index (χ3n) is 4.28. The van der Waals surface area contributed by atoms with Gasteiger partial charge in [-0.05, 0) is 6.92 Å². The fraction of sp³-hybridized carbons (Fsp3) is 0.462. The molecule has 2 saturated heterocycles. The Balaban J connectivity index is 1.75. The molecule has 0 aliphatic carbocycles. The van der Waals surface area contributed by atoms with Gasteiger partial charge in [0.1, 0.15) is 17.3 Å². The summed E-state index contributed by atoms with van der Waals surface area (Å²) in [5.41, 5.74) is -0.836. The molecule has 7 heteroatoms. The Morgan fingerprint density at radius 3 is 3.05 bits per heavy atom. The molecule has 4 heterocycles. The molecule has 7 nitrogen and oxygen atoms in total. The first-order valence-corrected chi connectivity index (χ1v) is 6.36. The molecule has 4 rings (SSSR count). The van der Waals surface area contributed by atoms with E-state index < -0.39 is 29.5 Å². The van der Waals surface area contributed by atoms with Crippen LogP contribution in [0.25, 0.3) is 0 Å². The first-order chi connectivity index (χ1) is 9.52. The van der Waals surface area contributed by atoms with E-state index in [0.29, 0.717) is 11.6 Å². The molecule has 0 saturated carbocycles. The molecule has 3 aliphatic rings. The lowest BCUT2D eigenvalue weighted by Crippen LogP contribution is -2.39. The summed E-state index contributed by atoms with van der Waals surface area (Å²) in [5.74, 6) is -1.79. The average molecular weight is 276 g/mol. The predicted octanol–water partition coefficient (Wildman–Crippen LogP) is 0.354. The topological polar surface area (TPSA) is 92.9 Å². The zero-order chi connectivity index (χ0) is 14.1. The molecule has 1 N–H and O–H groups in total. The fourth-order valence-electron chi connectivity index (χ4n) is 3.45. The van der Waals surface area contributed by atoms with Gasteiger partial charge in [0.25, 0.3) is 0 Å². The van der Waals surface area contributed by atoms with Gasteiger partial charge in [-0.3, -0.25) is 14.5 Å². The maximum atomic E-state index is 12.6. The predicted molar refractivity (Wildman–Crippen MR) is 65.0 cm³/mol. The van der Waals surface area contributed by atoms with Crippen molar-refractivity contribution in [2.45, 2.75) is 18.6 Å². The number of amides is 1. The Bertz CT molecular complexity index is 651. The molecular formula is C13H12N2O5. The summed E-state index contributed by atoms with van der Waals surface area (Å²) in [4.78, 5) is 25.4. The number of aliphatic carboxylic acids is 1. The van der Waals surface area contributed by atoms with Gasteiger partial charge < -0.3 is 14.4 Å². The van der Waals surface area contributed by atoms with E-state index in [-0.39, 0.29) is 12.5 Å². The number of carboxylic acids is 1. The third-order valence-corrected chi connectivity index (χ3v) is 4.28. The van der Waals surface area contributed by atoms with Gasteiger partial charge >= 0.3 is 5.97 Å². The Hall–Kier alpha value is -2.15. The van der Waals surface area contributed by atoms with Crippen molar-refractivity contribution in [2.24, 2.45) is 11.8 Å². The van der Waals surface area contributed by atoms with Crippen LogP contribution in [0.2, 0.25) is 0 Å². The number of ether oxygens (including phenoxy) is 1. The number of anilines is 1. The van der Waals surface area contributed by atoms with E-state index in [4.69, 9.17) is 9.26 Å². The second-order valence-corrected chi connectivity index (χ2v) is 5.46. The smallest absolute Gasteiger partial charge is 0.310 e. The van der Waals surface area contributed by atoms with Crippen molar-refractivity contribution < 1.29 is 24.0 Å². The second kappa shape index (κ2) is 3.49. The van der Waals surface area contributed by atoms with Gasteiger partial charge in [0.15, 0.2) is 5.82 Å². The molecule has 20 heavy (non-hydrogen) atoms. The summed E-state index contributed by atoms with van der Waals surface area (Å²) >= 11 is 0. The Morgan fingerprint density at radius 2 is 2.40 bits per heavy atom. The van der Waals surface area contributed by atoms with Crippen LogP contribution < -0.4 is 4.90 Å². The average Bonchev–Trinajstić information content (AvgIpc) is 3.10. The van der Waals surface area contributed by atoms with Crippen LogP contribution in [0.15, 0.2) is 22.7 Å². The molecule has 4 atom stereocenters. The van der Waals surface area contributed by atoms with Crippen LogP contribution in [0.5, 0.6) is 0 Å². The van der Waals surface area contributed by atoms with E-state index in [1.165, 1.54) is 4.90 Å². The molecule has 1 aromatic heterocycles. The van der Waals surface area contributed by atoms with Crippen LogP contribution >= 0.6 is 0 Å². The number of hydrogen-bond acceptors (Lipinski definition) is 5. The van der Waals surface area contributed by atoms with E-state index in [2.05, 4.69) is 5.16 Å². The fourth-order valence-corrected chi connectivity index (χ4v) is 3.45. The first-order valence-electron chi connectivity index (χ1n) is 6.36. The molecule has 3 aliphatic heterocycles. The van der Waals surface area contributed by atoms with Crippen LogP contribution in [-0.4, -0.2) is 40.4 Å². The van der Waals surface area contributed by atoms with Crippen LogP contribution in [0.3, 0.4) is 0 Å². The van der Waals surface area contributed by atoms with Gasteiger partial charge in [0.05, 0.1) is 18.6 Å². The number of rotatable bonds is 2. The maximum Gasteiger partial charge on any atom is 0.310 e. The molecule has 104 valence electrons. The molecule has 0 unspecified atom stereocenters. The van der Waals surface area contributed by atoms with Gasteiger partial charge in [-0.1, -0.05) is 17.3 Å². The minimum atomic E-state index is -1.00. The molecule has 1 spiro atoms. The van der Waals surface area contributed by atoms with Gasteiger partial charge in [0.2, 0.25) is 5.91 Å². The van der Waals surface area contributed by atoms with E-state index in [1.807, 2.05) is 6.08 Å². The zero-order valence-electron chi connectivity index (χ0n) is 10.6. The molecule has 2 bridgehead atoms. The van der Waals surface area contributed by atoms with E-state index >= 15 is 0 Å². The van der Waals surface area contributed by atoms with Gasteiger partial charge in [-0.15, -0.1) is 0 Å². The summed E-state index contributed by atoms with van der Waals surface area (Å²) in [6.07, 6.45) is 3.04. The standard InChI is InChI=1S/C13H12N2O5/c1-6-4-8(14-20-6)15-5-13-3-2-7(19-13)9(12(17)18)10(13)11(15)16/h2-4,7,9-10H,5H2,1H3,(H,17,18)/t7-,9+,10+,13-/m1/s1. The normalized spacial score (nSPS) is 37.8. The van der Waals surface area contributed by atoms with Crippen molar-refractivity contribution in [3.63, 3.8) is 0 Å². The zero-order valence-corrected chi connectivity index (χ0v) is 10.6. The number of carbonyl (C=O) groups excluding carboxylic acids is 1. The van der Waals surface area contributed by atoms with Crippen molar-refractivity contribution in [1.82, 2.24) is 5.16 Å². The molecule has 0 radical (unpaired) electrons. The highest BCUT2D eigenvalue weighted by Gasteiger charge is 2.67. The largest absolute Gasteiger partial charge is 0.481 e. The number of fused-ring (bicyclic) bond motifs is 1. The number of carbonyl (C=O) groups is 2. The molecule has 2 fully saturated rings. The lowest BCUT2D eigenvalue weighted by molar-refractivity contribution is -0.146. The van der Waals surface area contributed by atoms with Gasteiger partial charge in [-0.2, -0.15) is 0 Å². The number of aromatic nitrogens is 1. The molecular weight excluding hydrogens is 264 g/mol. The van der Waals surface area contributed by atoms with Crippen LogP contribution in [0.4, 0.5) is 5.82 Å². The second-order valence-electron chi connectivity index (χ2n) is 5.46. The highest BCUT2D eigenvalue weighted by molar-refractivity contribution is 6.01. The van der Waals surface area contributed by atoms with Crippen LogP contribution in [-0.2, 0) is 14.3 Å². The van der Waals surface area contributed by atoms with E-state index in [9.17, 15) is 14.7 Å². The summed E-state index contributed by atoms with van der Waals surface area (Å²) in [6.45, 7) is 2.01. The van der Waals surface area contributed by atoms with Crippen molar-refractivity contribution in [2.75, 3.05) is 11.4 Å². The molecule has 1 aromatic rings. The first kappa shape index (κ1) is 11.7. The molecule has 1 amide bonds. The van der Waals surface area contributed by atoms with Gasteiger partial charge in [-0.25, -0.2) is 0 Å². The van der Waals surface area contributed by atoms with Crippen molar-refractivity contribution >= 4 is 17.7 Å². The van der Waals surface area contributed by atoms with Crippen molar-refractivity contribution in [3.05, 3.63) is 24.0 Å². The van der Waals surface area contributed by atoms with Crippen molar-refractivity contribution in [3.8, 4) is 0 Å². The van der Waals surface area contributed by atoms with Crippen LogP contribution in [0.1, 0.15) is 5.76 Å². The SMILES string of the molecule is Cc1cc(N2C[C@@]34C=C[C@@H](O3)[C@H](C(=O)O)[C@H]4C2=O)no1. The Morgan fingerprint density at radius 1 is 1.60 bits per heavy atom. The summed E-state index contributed by atoms with van der Waals surface area (Å²) in [6, 6.07) is 1.65. The Labute approximate surface area is 113 Å². The lowest BCUT2D eigenvalue weighted by Gasteiger charge is -2.21.